The predicted molar refractivity (Wildman–Crippen MR) is 117 cm³/mol. The van der Waals surface area contributed by atoms with E-state index in [1.807, 2.05) is 48.5 Å². The molecule has 0 aliphatic heterocycles. The number of carbonyl (C=O) groups excluding carboxylic acids is 2. The zero-order valence-corrected chi connectivity index (χ0v) is 16.7. The van der Waals surface area contributed by atoms with Crippen LogP contribution in [0.25, 0.3) is 22.2 Å². The standard InChI is InChI=1S/C25H19FN2O3/c1-16(24(29)27-19-13-11-18(26)12-14-19)31-25(30)21-15-23(17-7-3-2-4-8-17)28-22-10-6-5-9-20(21)22/h2-16H,1H3,(H,27,29)/t16-/m1/s1. The number of aromatic nitrogens is 1. The Bertz CT molecular complexity index is 1240. The quantitative estimate of drug-likeness (QED) is 0.455. The lowest BCUT2D eigenvalue weighted by molar-refractivity contribution is -0.123. The summed E-state index contributed by atoms with van der Waals surface area (Å²) >= 11 is 0. The fourth-order valence-corrected chi connectivity index (χ4v) is 3.16. The van der Waals surface area contributed by atoms with E-state index in [9.17, 15) is 14.0 Å². The molecule has 0 saturated heterocycles. The molecule has 0 aliphatic rings. The maximum absolute atomic E-state index is 13.0. The van der Waals surface area contributed by atoms with Crippen molar-refractivity contribution in [2.24, 2.45) is 0 Å². The molecule has 0 saturated carbocycles. The second-order valence-electron chi connectivity index (χ2n) is 6.98. The Morgan fingerprint density at radius 1 is 0.935 bits per heavy atom. The van der Waals surface area contributed by atoms with E-state index in [1.54, 1.807) is 12.1 Å². The molecule has 1 N–H and O–H groups in total. The van der Waals surface area contributed by atoms with Gasteiger partial charge in [0, 0.05) is 16.6 Å². The summed E-state index contributed by atoms with van der Waals surface area (Å²) in [5, 5.41) is 3.24. The number of esters is 1. The van der Waals surface area contributed by atoms with Crippen LogP contribution in [0.15, 0.2) is 84.9 Å². The van der Waals surface area contributed by atoms with Gasteiger partial charge in [0.05, 0.1) is 16.8 Å². The van der Waals surface area contributed by atoms with Gasteiger partial charge in [0.25, 0.3) is 5.91 Å². The number of anilines is 1. The van der Waals surface area contributed by atoms with Crippen molar-refractivity contribution in [2.75, 3.05) is 5.32 Å². The number of benzene rings is 3. The Morgan fingerprint density at radius 2 is 1.61 bits per heavy atom. The molecular weight excluding hydrogens is 395 g/mol. The van der Waals surface area contributed by atoms with E-state index < -0.39 is 23.8 Å². The lowest BCUT2D eigenvalue weighted by Crippen LogP contribution is -2.30. The highest BCUT2D eigenvalue weighted by atomic mass is 19.1. The zero-order valence-electron chi connectivity index (χ0n) is 16.7. The van der Waals surface area contributed by atoms with Crippen molar-refractivity contribution in [1.29, 1.82) is 0 Å². The van der Waals surface area contributed by atoms with Gasteiger partial charge < -0.3 is 10.1 Å². The largest absolute Gasteiger partial charge is 0.449 e. The average Bonchev–Trinajstić information content (AvgIpc) is 2.80. The van der Waals surface area contributed by atoms with Crippen LogP contribution in [0.2, 0.25) is 0 Å². The number of carbonyl (C=O) groups is 2. The molecule has 5 nitrogen and oxygen atoms in total. The van der Waals surface area contributed by atoms with Gasteiger partial charge in [0.15, 0.2) is 6.10 Å². The summed E-state index contributed by atoms with van der Waals surface area (Å²) in [6.45, 7) is 1.48. The highest BCUT2D eigenvalue weighted by Crippen LogP contribution is 2.25. The summed E-state index contributed by atoms with van der Waals surface area (Å²) in [5.41, 5.74) is 2.89. The Hall–Kier alpha value is -4.06. The van der Waals surface area contributed by atoms with Gasteiger partial charge in [-0.1, -0.05) is 48.5 Å². The normalized spacial score (nSPS) is 11.7. The molecule has 0 bridgehead atoms. The molecule has 4 aromatic rings. The van der Waals surface area contributed by atoms with Crippen LogP contribution in [0.1, 0.15) is 17.3 Å². The predicted octanol–water partition coefficient (Wildman–Crippen LogP) is 5.22. The molecule has 3 aromatic carbocycles. The maximum atomic E-state index is 13.0. The molecule has 1 aromatic heterocycles. The minimum Gasteiger partial charge on any atom is -0.449 e. The number of amides is 1. The van der Waals surface area contributed by atoms with Gasteiger partial charge in [-0.15, -0.1) is 0 Å². The summed E-state index contributed by atoms with van der Waals surface area (Å²) < 4.78 is 18.5. The van der Waals surface area contributed by atoms with Crippen molar-refractivity contribution in [1.82, 2.24) is 4.98 Å². The lowest BCUT2D eigenvalue weighted by atomic mass is 10.0. The monoisotopic (exact) mass is 414 g/mol. The minimum atomic E-state index is -1.05. The van der Waals surface area contributed by atoms with Crippen LogP contribution in [0.5, 0.6) is 0 Å². The molecule has 4 rings (SSSR count). The zero-order chi connectivity index (χ0) is 21.8. The molecule has 31 heavy (non-hydrogen) atoms. The first kappa shape index (κ1) is 20.2. The van der Waals surface area contributed by atoms with Crippen molar-refractivity contribution >= 4 is 28.5 Å². The molecule has 0 spiro atoms. The smallest absolute Gasteiger partial charge is 0.339 e. The fraction of sp³-hybridized carbons (Fsp3) is 0.0800. The highest BCUT2D eigenvalue weighted by molar-refractivity contribution is 6.06. The number of hydrogen-bond donors (Lipinski definition) is 1. The van der Waals surface area contributed by atoms with Crippen LogP contribution in [-0.4, -0.2) is 23.0 Å². The molecule has 0 unspecified atom stereocenters. The van der Waals surface area contributed by atoms with Crippen molar-refractivity contribution in [3.05, 3.63) is 96.3 Å². The van der Waals surface area contributed by atoms with Gasteiger partial charge in [0.2, 0.25) is 0 Å². The summed E-state index contributed by atoms with van der Waals surface area (Å²) in [6, 6.07) is 23.8. The highest BCUT2D eigenvalue weighted by Gasteiger charge is 2.21. The Morgan fingerprint density at radius 3 is 2.35 bits per heavy atom. The topological polar surface area (TPSA) is 68.3 Å². The number of halogens is 1. The van der Waals surface area contributed by atoms with Crippen molar-refractivity contribution < 1.29 is 18.7 Å². The van der Waals surface area contributed by atoms with E-state index in [1.165, 1.54) is 31.2 Å². The molecule has 0 aliphatic carbocycles. The molecular formula is C25H19FN2O3. The molecule has 0 fully saturated rings. The van der Waals surface area contributed by atoms with E-state index in [-0.39, 0.29) is 0 Å². The summed E-state index contributed by atoms with van der Waals surface area (Å²) in [4.78, 5) is 30.0. The Balaban J connectivity index is 1.59. The number of rotatable bonds is 5. The van der Waals surface area contributed by atoms with E-state index in [2.05, 4.69) is 10.3 Å². The Labute approximate surface area is 178 Å². The lowest BCUT2D eigenvalue weighted by Gasteiger charge is -2.15. The number of nitrogens with zero attached hydrogens (tertiary/aromatic N) is 1. The van der Waals surface area contributed by atoms with E-state index in [0.717, 1.165) is 5.56 Å². The van der Waals surface area contributed by atoms with Gasteiger partial charge in [-0.3, -0.25) is 4.79 Å². The fourth-order valence-electron chi connectivity index (χ4n) is 3.16. The second kappa shape index (κ2) is 8.75. The second-order valence-corrected chi connectivity index (χ2v) is 6.98. The minimum absolute atomic E-state index is 0.325. The first-order valence-electron chi connectivity index (χ1n) is 9.74. The van der Waals surface area contributed by atoms with Crippen LogP contribution in [0.3, 0.4) is 0 Å². The SMILES string of the molecule is C[C@@H](OC(=O)c1cc(-c2ccccc2)nc2ccccc12)C(=O)Nc1ccc(F)cc1. The number of para-hydroxylation sites is 1. The van der Waals surface area contributed by atoms with Gasteiger partial charge in [-0.25, -0.2) is 14.2 Å². The molecule has 0 radical (unpaired) electrons. The van der Waals surface area contributed by atoms with Gasteiger partial charge >= 0.3 is 5.97 Å². The van der Waals surface area contributed by atoms with Crippen LogP contribution in [-0.2, 0) is 9.53 Å². The van der Waals surface area contributed by atoms with Crippen molar-refractivity contribution in [3.63, 3.8) is 0 Å². The summed E-state index contributed by atoms with van der Waals surface area (Å²) in [7, 11) is 0. The number of nitrogens with one attached hydrogen (secondary N) is 1. The maximum Gasteiger partial charge on any atom is 0.339 e. The molecule has 154 valence electrons. The van der Waals surface area contributed by atoms with Crippen LogP contribution < -0.4 is 5.32 Å². The van der Waals surface area contributed by atoms with E-state index in [0.29, 0.717) is 27.8 Å². The summed E-state index contributed by atoms with van der Waals surface area (Å²) in [5.74, 6) is -1.55. The molecule has 1 heterocycles. The van der Waals surface area contributed by atoms with E-state index in [4.69, 9.17) is 4.74 Å². The first-order valence-corrected chi connectivity index (χ1v) is 9.74. The van der Waals surface area contributed by atoms with Crippen molar-refractivity contribution in [2.45, 2.75) is 13.0 Å². The third-order valence-electron chi connectivity index (χ3n) is 4.77. The van der Waals surface area contributed by atoms with Gasteiger partial charge in [0.1, 0.15) is 5.82 Å². The van der Waals surface area contributed by atoms with E-state index >= 15 is 0 Å². The molecule has 1 atom stereocenters. The number of ether oxygens (including phenoxy) is 1. The average molecular weight is 414 g/mol. The Kier molecular flexibility index (Phi) is 5.71. The van der Waals surface area contributed by atoms with Crippen LogP contribution >= 0.6 is 0 Å². The van der Waals surface area contributed by atoms with Gasteiger partial charge in [-0.2, -0.15) is 0 Å². The third kappa shape index (κ3) is 4.59. The third-order valence-corrected chi connectivity index (χ3v) is 4.77. The van der Waals surface area contributed by atoms with Crippen LogP contribution in [0.4, 0.5) is 10.1 Å². The van der Waals surface area contributed by atoms with Crippen molar-refractivity contribution in [3.8, 4) is 11.3 Å². The number of fused-ring (bicyclic) bond motifs is 1. The number of hydrogen-bond acceptors (Lipinski definition) is 4. The summed E-state index contributed by atoms with van der Waals surface area (Å²) in [6.07, 6.45) is -1.05. The first-order chi connectivity index (χ1) is 15.0. The van der Waals surface area contributed by atoms with Gasteiger partial charge in [-0.05, 0) is 43.3 Å². The molecule has 6 heteroatoms. The molecule has 1 amide bonds. The van der Waals surface area contributed by atoms with Crippen LogP contribution in [0, 0.1) is 5.82 Å². The number of pyridine rings is 1.